The predicted molar refractivity (Wildman–Crippen MR) is 57.0 cm³/mol. The molecule has 0 radical (unpaired) electrons. The summed E-state index contributed by atoms with van der Waals surface area (Å²) < 4.78 is 0. The van der Waals surface area contributed by atoms with Crippen molar-refractivity contribution in [2.24, 2.45) is 11.1 Å². The fourth-order valence-corrected chi connectivity index (χ4v) is 1.93. The number of nitrogens with two attached hydrogens (primary N) is 1. The van der Waals surface area contributed by atoms with E-state index in [1.165, 1.54) is 0 Å². The average molecular weight is 213 g/mol. The van der Waals surface area contributed by atoms with Crippen LogP contribution in [-0.2, 0) is 9.59 Å². The highest BCUT2D eigenvalue weighted by molar-refractivity contribution is 5.99. The van der Waals surface area contributed by atoms with Crippen LogP contribution in [0.15, 0.2) is 0 Å². The van der Waals surface area contributed by atoms with Crippen molar-refractivity contribution < 1.29 is 9.59 Å². The lowest BCUT2D eigenvalue weighted by Gasteiger charge is -2.40. The van der Waals surface area contributed by atoms with E-state index in [-0.39, 0.29) is 36.4 Å². The van der Waals surface area contributed by atoms with Crippen LogP contribution in [0, 0.1) is 5.41 Å². The number of imide groups is 1. The van der Waals surface area contributed by atoms with E-state index in [2.05, 4.69) is 26.1 Å². The van der Waals surface area contributed by atoms with Crippen LogP contribution >= 0.6 is 0 Å². The summed E-state index contributed by atoms with van der Waals surface area (Å²) in [6.07, 6.45) is 0. The molecule has 0 aliphatic carbocycles. The fraction of sp³-hybridized carbons (Fsp3) is 0.800. The Morgan fingerprint density at radius 1 is 1.33 bits per heavy atom. The second kappa shape index (κ2) is 4.28. The van der Waals surface area contributed by atoms with Gasteiger partial charge in [-0.15, -0.1) is 0 Å². The number of nitrogens with one attached hydrogen (secondary N) is 1. The van der Waals surface area contributed by atoms with Gasteiger partial charge < -0.3 is 5.73 Å². The summed E-state index contributed by atoms with van der Waals surface area (Å²) in [7, 11) is 0. The summed E-state index contributed by atoms with van der Waals surface area (Å²) in [6, 6.07) is 0.0486. The molecule has 1 aliphatic rings. The first-order valence-electron chi connectivity index (χ1n) is 5.11. The highest BCUT2D eigenvalue weighted by atomic mass is 16.2. The largest absolute Gasteiger partial charge is 0.329 e. The van der Waals surface area contributed by atoms with Crippen molar-refractivity contribution in [1.29, 1.82) is 0 Å². The van der Waals surface area contributed by atoms with Crippen molar-refractivity contribution in [2.75, 3.05) is 19.6 Å². The zero-order valence-electron chi connectivity index (χ0n) is 9.54. The van der Waals surface area contributed by atoms with Crippen LogP contribution in [0.3, 0.4) is 0 Å². The zero-order chi connectivity index (χ0) is 11.6. The van der Waals surface area contributed by atoms with E-state index in [0.717, 1.165) is 0 Å². The lowest BCUT2D eigenvalue weighted by Crippen LogP contribution is -2.59. The van der Waals surface area contributed by atoms with Crippen LogP contribution < -0.4 is 11.1 Å². The van der Waals surface area contributed by atoms with E-state index < -0.39 is 0 Å². The number of carbonyl (C=O) groups excluding carboxylic acids is 2. The molecule has 1 fully saturated rings. The molecule has 15 heavy (non-hydrogen) atoms. The third kappa shape index (κ3) is 3.00. The van der Waals surface area contributed by atoms with E-state index in [1.807, 2.05) is 4.90 Å². The Bertz CT molecular complexity index is 254. The summed E-state index contributed by atoms with van der Waals surface area (Å²) in [6.45, 7) is 7.13. The van der Waals surface area contributed by atoms with E-state index in [9.17, 15) is 9.59 Å². The molecule has 0 aromatic rings. The predicted octanol–water partition coefficient (Wildman–Crippen LogP) is -0.682. The topological polar surface area (TPSA) is 75.4 Å². The summed E-state index contributed by atoms with van der Waals surface area (Å²) in [5.74, 6) is -0.483. The van der Waals surface area contributed by atoms with Crippen LogP contribution in [0.2, 0.25) is 0 Å². The highest BCUT2D eigenvalue weighted by Gasteiger charge is 2.34. The minimum Gasteiger partial charge on any atom is -0.329 e. The second-order valence-electron chi connectivity index (χ2n) is 4.99. The van der Waals surface area contributed by atoms with Gasteiger partial charge in [-0.2, -0.15) is 0 Å². The monoisotopic (exact) mass is 213 g/mol. The Kier molecular flexibility index (Phi) is 3.46. The third-order valence-corrected chi connectivity index (χ3v) is 2.64. The molecule has 5 nitrogen and oxygen atoms in total. The first-order chi connectivity index (χ1) is 6.84. The maximum Gasteiger partial charge on any atom is 0.240 e. The van der Waals surface area contributed by atoms with Gasteiger partial charge in [-0.3, -0.25) is 19.8 Å². The number of piperazine rings is 1. The van der Waals surface area contributed by atoms with Crippen molar-refractivity contribution in [2.45, 2.75) is 26.8 Å². The van der Waals surface area contributed by atoms with Gasteiger partial charge in [0.1, 0.15) is 0 Å². The van der Waals surface area contributed by atoms with Crippen LogP contribution in [0.25, 0.3) is 0 Å². The van der Waals surface area contributed by atoms with Crippen LogP contribution in [0.4, 0.5) is 0 Å². The first-order valence-corrected chi connectivity index (χ1v) is 5.11. The lowest BCUT2D eigenvalue weighted by atomic mass is 9.85. The smallest absolute Gasteiger partial charge is 0.240 e. The number of amides is 2. The number of nitrogens with zero attached hydrogens (tertiary/aromatic N) is 1. The molecule has 1 rings (SSSR count). The van der Waals surface area contributed by atoms with Gasteiger partial charge >= 0.3 is 0 Å². The summed E-state index contributed by atoms with van der Waals surface area (Å²) in [4.78, 5) is 24.3. The van der Waals surface area contributed by atoms with Crippen molar-refractivity contribution in [1.82, 2.24) is 10.2 Å². The van der Waals surface area contributed by atoms with Gasteiger partial charge in [0.2, 0.25) is 11.8 Å². The Labute approximate surface area is 90.0 Å². The second-order valence-corrected chi connectivity index (χ2v) is 4.99. The molecular formula is C10H19N3O2. The molecule has 1 heterocycles. The molecule has 3 N–H and O–H groups in total. The third-order valence-electron chi connectivity index (χ3n) is 2.64. The minimum absolute atomic E-state index is 0.0351. The molecule has 86 valence electrons. The quantitative estimate of drug-likeness (QED) is 0.596. The summed E-state index contributed by atoms with van der Waals surface area (Å²) >= 11 is 0. The maximum absolute atomic E-state index is 11.2. The van der Waals surface area contributed by atoms with Gasteiger partial charge in [-0.05, 0) is 5.41 Å². The molecule has 0 saturated carbocycles. The van der Waals surface area contributed by atoms with E-state index in [1.54, 1.807) is 0 Å². The molecule has 5 heteroatoms. The van der Waals surface area contributed by atoms with E-state index in [4.69, 9.17) is 5.73 Å². The van der Waals surface area contributed by atoms with Gasteiger partial charge in [0.05, 0.1) is 13.1 Å². The Morgan fingerprint density at radius 2 is 1.80 bits per heavy atom. The molecule has 2 amide bonds. The molecule has 0 bridgehead atoms. The standard InChI is InChI=1S/C10H19N3O2/c1-10(2,3)7(4-11)13-5-8(14)12-9(15)6-13/h7H,4-6,11H2,1-3H3,(H,12,14,15). The van der Waals surface area contributed by atoms with Gasteiger partial charge in [-0.1, -0.05) is 20.8 Å². The van der Waals surface area contributed by atoms with E-state index >= 15 is 0 Å². The number of rotatable bonds is 2. The van der Waals surface area contributed by atoms with Crippen LogP contribution in [-0.4, -0.2) is 42.4 Å². The average Bonchev–Trinajstić information content (AvgIpc) is 1.99. The molecular weight excluding hydrogens is 194 g/mol. The van der Waals surface area contributed by atoms with Crippen molar-refractivity contribution in [3.8, 4) is 0 Å². The molecule has 0 aromatic carbocycles. The number of hydrogen-bond acceptors (Lipinski definition) is 4. The SMILES string of the molecule is CC(C)(C)C(CN)N1CC(=O)NC(=O)C1. The van der Waals surface area contributed by atoms with E-state index in [0.29, 0.717) is 6.54 Å². The molecule has 1 saturated heterocycles. The van der Waals surface area contributed by atoms with Crippen molar-refractivity contribution >= 4 is 11.8 Å². The van der Waals surface area contributed by atoms with Crippen LogP contribution in [0.1, 0.15) is 20.8 Å². The van der Waals surface area contributed by atoms with Gasteiger partial charge in [0.15, 0.2) is 0 Å². The molecule has 1 aliphatic heterocycles. The highest BCUT2D eigenvalue weighted by Crippen LogP contribution is 2.23. The fourth-order valence-electron chi connectivity index (χ4n) is 1.93. The summed E-state index contributed by atoms with van der Waals surface area (Å²) in [5, 5.41) is 2.28. The Hall–Kier alpha value is -0.940. The number of carbonyl (C=O) groups is 2. The number of hydrogen-bond donors (Lipinski definition) is 2. The molecule has 0 spiro atoms. The molecule has 0 aromatic heterocycles. The Morgan fingerprint density at radius 3 is 2.13 bits per heavy atom. The van der Waals surface area contributed by atoms with Gasteiger partial charge in [0.25, 0.3) is 0 Å². The molecule has 1 unspecified atom stereocenters. The first kappa shape index (κ1) is 12.1. The Balaban J connectivity index is 2.76. The minimum atomic E-state index is -0.242. The van der Waals surface area contributed by atoms with Crippen molar-refractivity contribution in [3.63, 3.8) is 0 Å². The van der Waals surface area contributed by atoms with Gasteiger partial charge in [-0.25, -0.2) is 0 Å². The normalized spacial score (nSPS) is 21.3. The zero-order valence-corrected chi connectivity index (χ0v) is 9.54. The molecule has 1 atom stereocenters. The summed E-state index contributed by atoms with van der Waals surface area (Å²) in [5.41, 5.74) is 5.66. The van der Waals surface area contributed by atoms with Crippen LogP contribution in [0.5, 0.6) is 0 Å². The van der Waals surface area contributed by atoms with Crippen molar-refractivity contribution in [3.05, 3.63) is 0 Å². The maximum atomic E-state index is 11.2. The lowest BCUT2D eigenvalue weighted by molar-refractivity contribution is -0.138. The van der Waals surface area contributed by atoms with Gasteiger partial charge in [0, 0.05) is 12.6 Å².